The fraction of sp³-hybridized carbons (Fsp3) is 0.667. The zero-order valence-corrected chi connectivity index (χ0v) is 21.7. The van der Waals surface area contributed by atoms with E-state index in [1.54, 1.807) is 24.3 Å². The molecule has 3 heterocycles. The van der Waals surface area contributed by atoms with Gasteiger partial charge in [-0.2, -0.15) is 0 Å². The van der Waals surface area contributed by atoms with Crippen LogP contribution in [0.25, 0.3) is 0 Å². The third kappa shape index (κ3) is 4.26. The molecular weight excluding hydrogens is 462 g/mol. The van der Waals surface area contributed by atoms with E-state index in [9.17, 15) is 19.5 Å². The van der Waals surface area contributed by atoms with Crippen LogP contribution in [0.1, 0.15) is 53.4 Å². The van der Waals surface area contributed by atoms with Crippen molar-refractivity contribution in [3.05, 3.63) is 24.3 Å². The molecule has 4 rings (SSSR count). The molecule has 3 unspecified atom stereocenters. The van der Waals surface area contributed by atoms with Gasteiger partial charge in [-0.25, -0.2) is 0 Å². The second-order valence-corrected chi connectivity index (χ2v) is 10.4. The highest BCUT2D eigenvalue weighted by atomic mass is 16.5. The Labute approximate surface area is 212 Å². The first-order chi connectivity index (χ1) is 17.2. The molecule has 3 aliphatic rings. The van der Waals surface area contributed by atoms with E-state index in [0.29, 0.717) is 31.0 Å². The summed E-state index contributed by atoms with van der Waals surface area (Å²) in [6.07, 6.45) is 3.38. The lowest BCUT2D eigenvalue weighted by Crippen LogP contribution is -2.56. The number of nitrogens with zero attached hydrogens (tertiary/aromatic N) is 1. The molecule has 0 aromatic heterocycles. The molecule has 6 atom stereocenters. The predicted molar refractivity (Wildman–Crippen MR) is 134 cm³/mol. The van der Waals surface area contributed by atoms with Crippen molar-refractivity contribution in [2.75, 3.05) is 31.6 Å². The summed E-state index contributed by atoms with van der Waals surface area (Å²) in [7, 11) is 0. The Morgan fingerprint density at radius 3 is 2.56 bits per heavy atom. The maximum Gasteiger partial charge on any atom is 0.245 e. The van der Waals surface area contributed by atoms with Crippen LogP contribution in [0.3, 0.4) is 0 Å². The van der Waals surface area contributed by atoms with Crippen LogP contribution in [-0.2, 0) is 19.1 Å². The average Bonchev–Trinajstić information content (AvgIpc) is 3.35. The number of anilines is 1. The molecule has 198 valence electrons. The van der Waals surface area contributed by atoms with Crippen LogP contribution in [0.15, 0.2) is 24.3 Å². The largest absolute Gasteiger partial charge is 0.494 e. The smallest absolute Gasteiger partial charge is 0.245 e. The molecule has 1 aromatic rings. The minimum atomic E-state index is -1.10. The SMILES string of the molecule is CCCCCNC(=O)C1N(CCO)C(=O)[C@@H]2[C@H](C(=O)Nc3ccc(OCC)cc3)[C@@]3(C)OC12CC3C. The van der Waals surface area contributed by atoms with Crippen molar-refractivity contribution in [1.82, 2.24) is 10.2 Å². The van der Waals surface area contributed by atoms with Gasteiger partial charge in [-0.3, -0.25) is 14.4 Å². The summed E-state index contributed by atoms with van der Waals surface area (Å²) in [5.74, 6) is -1.78. The van der Waals surface area contributed by atoms with Crippen molar-refractivity contribution in [2.24, 2.45) is 17.8 Å². The number of nitrogens with one attached hydrogen (secondary N) is 2. The second kappa shape index (κ2) is 10.4. The van der Waals surface area contributed by atoms with Gasteiger partial charge in [0.05, 0.1) is 30.7 Å². The first-order valence-electron chi connectivity index (χ1n) is 13.2. The van der Waals surface area contributed by atoms with Crippen molar-refractivity contribution in [3.63, 3.8) is 0 Å². The summed E-state index contributed by atoms with van der Waals surface area (Å²) in [4.78, 5) is 42.3. The molecule has 3 amide bonds. The molecule has 3 saturated heterocycles. The maximum atomic E-state index is 13.7. The Hall–Kier alpha value is -2.65. The molecule has 9 heteroatoms. The van der Waals surface area contributed by atoms with Gasteiger partial charge in [-0.15, -0.1) is 0 Å². The molecule has 1 spiro atoms. The van der Waals surface area contributed by atoms with Crippen LogP contribution in [0.2, 0.25) is 0 Å². The van der Waals surface area contributed by atoms with Crippen LogP contribution in [0.4, 0.5) is 5.69 Å². The van der Waals surface area contributed by atoms with Gasteiger partial charge in [0.1, 0.15) is 17.4 Å². The number of hydrogen-bond acceptors (Lipinski definition) is 6. The number of β-amino-alcohol motifs (C(OH)–C–C–N with tert-alkyl or cyclic N) is 1. The van der Waals surface area contributed by atoms with E-state index in [2.05, 4.69) is 17.6 Å². The third-order valence-corrected chi connectivity index (χ3v) is 8.20. The van der Waals surface area contributed by atoms with Crippen molar-refractivity contribution in [1.29, 1.82) is 0 Å². The summed E-state index contributed by atoms with van der Waals surface area (Å²) in [5.41, 5.74) is -1.39. The standard InChI is InChI=1S/C27H39N3O6/c1-5-7-8-13-28-24(33)22-27-16-17(3)26(4,36-27)20(21(27)25(34)30(22)14-15-31)23(32)29-18-9-11-19(12-10-18)35-6-2/h9-12,17,20-22,31H,5-8,13-16H2,1-4H3,(H,28,33)(H,29,32)/t17?,20-,21+,22?,26+,27?/m1/s1. The lowest BCUT2D eigenvalue weighted by Gasteiger charge is -2.36. The fourth-order valence-electron chi connectivity index (χ4n) is 6.49. The number of unbranched alkanes of at least 4 members (excludes halogenated alkanes) is 2. The lowest BCUT2D eigenvalue weighted by atomic mass is 9.62. The van der Waals surface area contributed by atoms with Gasteiger partial charge in [0.25, 0.3) is 0 Å². The normalized spacial score (nSPS) is 32.5. The molecule has 3 aliphatic heterocycles. The van der Waals surface area contributed by atoms with Crippen molar-refractivity contribution in [3.8, 4) is 5.75 Å². The Kier molecular flexibility index (Phi) is 7.61. The highest BCUT2D eigenvalue weighted by Crippen LogP contribution is 2.65. The quantitative estimate of drug-likeness (QED) is 0.401. The molecule has 0 radical (unpaired) electrons. The number of fused-ring (bicyclic) bond motifs is 1. The molecule has 0 aliphatic carbocycles. The molecular formula is C27H39N3O6. The van der Waals surface area contributed by atoms with Crippen molar-refractivity contribution >= 4 is 23.4 Å². The number of aliphatic hydroxyl groups is 1. The topological polar surface area (TPSA) is 117 Å². The van der Waals surface area contributed by atoms with E-state index in [-0.39, 0.29) is 36.8 Å². The van der Waals surface area contributed by atoms with Gasteiger partial charge in [-0.1, -0.05) is 26.7 Å². The molecule has 3 fully saturated rings. The number of rotatable bonds is 11. The number of hydrogen-bond donors (Lipinski definition) is 3. The average molecular weight is 502 g/mol. The highest BCUT2D eigenvalue weighted by molar-refractivity contribution is 6.02. The Morgan fingerprint density at radius 1 is 1.19 bits per heavy atom. The highest BCUT2D eigenvalue weighted by Gasteiger charge is 2.79. The summed E-state index contributed by atoms with van der Waals surface area (Å²) < 4.78 is 12.1. The van der Waals surface area contributed by atoms with Gasteiger partial charge in [0.2, 0.25) is 17.7 Å². The molecule has 36 heavy (non-hydrogen) atoms. The molecule has 9 nitrogen and oxygen atoms in total. The Morgan fingerprint density at radius 2 is 1.92 bits per heavy atom. The summed E-state index contributed by atoms with van der Waals surface area (Å²) in [6, 6.07) is 6.21. The van der Waals surface area contributed by atoms with Crippen LogP contribution >= 0.6 is 0 Å². The first kappa shape index (κ1) is 26.4. The van der Waals surface area contributed by atoms with E-state index < -0.39 is 29.1 Å². The van der Waals surface area contributed by atoms with Gasteiger partial charge in [0, 0.05) is 18.8 Å². The summed E-state index contributed by atoms with van der Waals surface area (Å²) in [6.45, 7) is 8.69. The number of carbonyl (C=O) groups is 3. The zero-order chi connectivity index (χ0) is 26.1. The van der Waals surface area contributed by atoms with E-state index in [4.69, 9.17) is 9.47 Å². The number of aliphatic hydroxyl groups excluding tert-OH is 1. The van der Waals surface area contributed by atoms with Gasteiger partial charge in [0.15, 0.2) is 0 Å². The Bertz CT molecular complexity index is 984. The maximum absolute atomic E-state index is 13.7. The molecule has 2 bridgehead atoms. The monoisotopic (exact) mass is 501 g/mol. The first-order valence-corrected chi connectivity index (χ1v) is 13.2. The van der Waals surface area contributed by atoms with Gasteiger partial charge >= 0.3 is 0 Å². The number of carbonyl (C=O) groups excluding carboxylic acids is 3. The van der Waals surface area contributed by atoms with Crippen LogP contribution in [-0.4, -0.2) is 71.3 Å². The van der Waals surface area contributed by atoms with E-state index in [1.165, 1.54) is 4.90 Å². The number of ether oxygens (including phenoxy) is 2. The molecule has 0 saturated carbocycles. The Balaban J connectivity index is 1.62. The lowest BCUT2D eigenvalue weighted by molar-refractivity contribution is -0.146. The van der Waals surface area contributed by atoms with Gasteiger partial charge < -0.3 is 30.1 Å². The predicted octanol–water partition coefficient (Wildman–Crippen LogP) is 2.33. The number of benzene rings is 1. The summed E-state index contributed by atoms with van der Waals surface area (Å²) in [5, 5.41) is 15.6. The van der Waals surface area contributed by atoms with E-state index in [0.717, 1.165) is 19.3 Å². The zero-order valence-electron chi connectivity index (χ0n) is 21.7. The second-order valence-electron chi connectivity index (χ2n) is 10.4. The fourth-order valence-corrected chi connectivity index (χ4v) is 6.49. The molecule has 1 aromatic carbocycles. The van der Waals surface area contributed by atoms with E-state index >= 15 is 0 Å². The van der Waals surface area contributed by atoms with Crippen molar-refractivity contribution in [2.45, 2.75) is 70.6 Å². The van der Waals surface area contributed by atoms with Gasteiger partial charge in [-0.05, 0) is 56.9 Å². The van der Waals surface area contributed by atoms with Crippen LogP contribution in [0.5, 0.6) is 5.75 Å². The minimum absolute atomic E-state index is 0.0197. The summed E-state index contributed by atoms with van der Waals surface area (Å²) >= 11 is 0. The van der Waals surface area contributed by atoms with Crippen LogP contribution < -0.4 is 15.4 Å². The van der Waals surface area contributed by atoms with Crippen LogP contribution in [0, 0.1) is 17.8 Å². The third-order valence-electron chi connectivity index (χ3n) is 8.20. The molecule has 3 N–H and O–H groups in total. The number of amides is 3. The van der Waals surface area contributed by atoms with Crippen molar-refractivity contribution < 1.29 is 29.0 Å². The number of likely N-dealkylation sites (tertiary alicyclic amines) is 1. The van der Waals surface area contributed by atoms with E-state index in [1.807, 2.05) is 20.8 Å². The minimum Gasteiger partial charge on any atom is -0.494 e.